The summed E-state index contributed by atoms with van der Waals surface area (Å²) in [7, 11) is 3.39. The molecule has 0 aromatic heterocycles. The quantitative estimate of drug-likeness (QED) is 0.130. The zero-order valence-electron chi connectivity index (χ0n) is 32.9. The van der Waals surface area contributed by atoms with Gasteiger partial charge < -0.3 is 29.5 Å². The minimum Gasteiger partial charge on any atom is -0.497 e. The number of hydrogen-bond donors (Lipinski definition) is 2. The fraction of sp³-hybridized carbons (Fsp3) is 0.160. The number of hydrogen-bond acceptors (Lipinski definition) is 6. The Morgan fingerprint density at radius 1 is 0.411 bits per heavy atom. The number of anilines is 6. The highest BCUT2D eigenvalue weighted by Gasteiger charge is 2.18. The second kappa shape index (κ2) is 16.6. The predicted molar refractivity (Wildman–Crippen MR) is 231 cm³/mol. The first-order chi connectivity index (χ1) is 27.2. The second-order valence-electron chi connectivity index (χ2n) is 14.2. The van der Waals surface area contributed by atoms with Crippen molar-refractivity contribution >= 4 is 34.1 Å². The molecule has 2 N–H and O–H groups in total. The van der Waals surface area contributed by atoms with Crippen molar-refractivity contribution < 1.29 is 19.7 Å². The number of ether oxygens (including phenoxy) is 2. The summed E-state index contributed by atoms with van der Waals surface area (Å²) in [5, 5.41) is 19.6. The molecule has 0 fully saturated rings. The number of aryl methyl sites for hydroxylation is 4. The molecule has 0 radical (unpaired) electrons. The van der Waals surface area contributed by atoms with Gasteiger partial charge in [-0.1, -0.05) is 66.7 Å². The van der Waals surface area contributed by atoms with Crippen LogP contribution >= 0.6 is 0 Å². The van der Waals surface area contributed by atoms with Gasteiger partial charge in [0.25, 0.3) is 0 Å². The highest BCUT2D eigenvalue weighted by atomic mass is 16.5. The Morgan fingerprint density at radius 2 is 0.875 bits per heavy atom. The van der Waals surface area contributed by atoms with Crippen molar-refractivity contribution in [1.29, 1.82) is 0 Å². The van der Waals surface area contributed by atoms with Crippen LogP contribution in [-0.2, 0) is 13.2 Å². The lowest BCUT2D eigenvalue weighted by Crippen LogP contribution is -2.12. The summed E-state index contributed by atoms with van der Waals surface area (Å²) in [5.41, 5.74) is 16.8. The van der Waals surface area contributed by atoms with Gasteiger partial charge in [-0.05, 0) is 162 Å². The number of nitrogens with zero attached hydrogens (tertiary/aromatic N) is 2. The highest BCUT2D eigenvalue weighted by Crippen LogP contribution is 2.41. The van der Waals surface area contributed by atoms with E-state index in [9.17, 15) is 10.2 Å². The third-order valence-electron chi connectivity index (χ3n) is 10.5. The highest BCUT2D eigenvalue weighted by molar-refractivity contribution is 5.83. The molecule has 0 aliphatic carbocycles. The van der Waals surface area contributed by atoms with Gasteiger partial charge in [0.05, 0.1) is 27.4 Å². The number of aliphatic hydroxyl groups is 2. The first kappa shape index (κ1) is 38.0. The van der Waals surface area contributed by atoms with E-state index in [1.54, 1.807) is 14.2 Å². The first-order valence-corrected chi connectivity index (χ1v) is 18.8. The third kappa shape index (κ3) is 7.76. The van der Waals surface area contributed by atoms with E-state index in [-0.39, 0.29) is 13.2 Å². The van der Waals surface area contributed by atoms with Crippen LogP contribution in [-0.4, -0.2) is 24.4 Å². The van der Waals surface area contributed by atoms with Gasteiger partial charge in [-0.25, -0.2) is 0 Å². The Hall–Kier alpha value is -6.34. The van der Waals surface area contributed by atoms with Gasteiger partial charge in [0.15, 0.2) is 0 Å². The van der Waals surface area contributed by atoms with Crippen LogP contribution in [0.15, 0.2) is 146 Å². The van der Waals surface area contributed by atoms with Crippen molar-refractivity contribution in [3.8, 4) is 33.8 Å². The van der Waals surface area contributed by atoms with Crippen molar-refractivity contribution in [2.75, 3.05) is 24.0 Å². The second-order valence-corrected chi connectivity index (χ2v) is 14.2. The zero-order chi connectivity index (χ0) is 39.3. The maximum Gasteiger partial charge on any atom is 0.121 e. The largest absolute Gasteiger partial charge is 0.497 e. The van der Waals surface area contributed by atoms with Gasteiger partial charge in [0.1, 0.15) is 11.5 Å². The monoisotopic (exact) mass is 740 g/mol. The summed E-state index contributed by atoms with van der Waals surface area (Å²) >= 11 is 0. The fourth-order valence-electron chi connectivity index (χ4n) is 7.39. The van der Waals surface area contributed by atoms with Crippen molar-refractivity contribution in [1.82, 2.24) is 0 Å². The van der Waals surface area contributed by atoms with Crippen LogP contribution in [0.25, 0.3) is 22.3 Å². The van der Waals surface area contributed by atoms with Gasteiger partial charge >= 0.3 is 0 Å². The molecule has 0 spiro atoms. The van der Waals surface area contributed by atoms with Gasteiger partial charge in [0, 0.05) is 34.1 Å². The Bertz CT molecular complexity index is 2280. The Morgan fingerprint density at radius 3 is 1.30 bits per heavy atom. The Balaban J connectivity index is 1.16. The summed E-state index contributed by atoms with van der Waals surface area (Å²) in [6.07, 6.45) is 0. The fourth-order valence-corrected chi connectivity index (χ4v) is 7.39. The predicted octanol–water partition coefficient (Wildman–Crippen LogP) is 12.2. The van der Waals surface area contributed by atoms with Crippen LogP contribution < -0.4 is 19.3 Å². The maximum absolute atomic E-state index is 9.81. The molecule has 0 amide bonds. The first-order valence-electron chi connectivity index (χ1n) is 18.8. The molecular weight excluding hydrogens is 693 g/mol. The molecular formula is C50H48N2O4. The van der Waals surface area contributed by atoms with Crippen molar-refractivity contribution in [3.05, 3.63) is 179 Å². The maximum atomic E-state index is 9.81. The molecule has 282 valence electrons. The van der Waals surface area contributed by atoms with Gasteiger partial charge in [0.2, 0.25) is 0 Å². The Labute approximate surface area is 330 Å². The lowest BCUT2D eigenvalue weighted by Gasteiger charge is -2.28. The van der Waals surface area contributed by atoms with E-state index in [4.69, 9.17) is 9.47 Å². The van der Waals surface area contributed by atoms with Crippen LogP contribution in [0.5, 0.6) is 11.5 Å². The van der Waals surface area contributed by atoms with E-state index in [2.05, 4.69) is 146 Å². The van der Waals surface area contributed by atoms with Crippen LogP contribution in [0.2, 0.25) is 0 Å². The molecule has 6 heteroatoms. The van der Waals surface area contributed by atoms with Crippen molar-refractivity contribution in [2.24, 2.45) is 0 Å². The van der Waals surface area contributed by atoms with E-state index >= 15 is 0 Å². The minimum absolute atomic E-state index is 0.00236. The normalized spacial score (nSPS) is 11.0. The molecule has 0 unspecified atom stereocenters. The topological polar surface area (TPSA) is 65.4 Å². The summed E-state index contributed by atoms with van der Waals surface area (Å²) in [6.45, 7) is 8.27. The van der Waals surface area contributed by atoms with Crippen molar-refractivity contribution in [2.45, 2.75) is 40.9 Å². The van der Waals surface area contributed by atoms with E-state index in [0.717, 1.165) is 101 Å². The average Bonchev–Trinajstić information content (AvgIpc) is 3.23. The summed E-state index contributed by atoms with van der Waals surface area (Å²) < 4.78 is 11.1. The van der Waals surface area contributed by atoms with Crippen LogP contribution in [0.1, 0.15) is 33.4 Å². The SMILES string of the molecule is COc1ccc(N(c2ccc(-c3ccc(-c4ccc(N(c5ccc(CO)c(C)c5)c5ccc(CO)cc5C)cc4)cc3)cc2)c2ccc(OC)c(C)c2)c(C)c1. The average molecular weight is 741 g/mol. The van der Waals surface area contributed by atoms with Gasteiger partial charge in [-0.2, -0.15) is 0 Å². The number of methoxy groups -OCH3 is 2. The summed E-state index contributed by atoms with van der Waals surface area (Å²) in [5.74, 6) is 1.69. The van der Waals surface area contributed by atoms with E-state index in [1.807, 2.05) is 37.3 Å². The molecule has 6 nitrogen and oxygen atoms in total. The minimum atomic E-state index is -0.00252. The smallest absolute Gasteiger partial charge is 0.121 e. The molecule has 7 aromatic carbocycles. The Kier molecular flexibility index (Phi) is 11.2. The molecule has 0 saturated carbocycles. The summed E-state index contributed by atoms with van der Waals surface area (Å²) in [4.78, 5) is 4.50. The van der Waals surface area contributed by atoms with E-state index < -0.39 is 0 Å². The van der Waals surface area contributed by atoms with Gasteiger partial charge in [-0.15, -0.1) is 0 Å². The number of benzene rings is 7. The molecule has 0 aliphatic rings. The van der Waals surface area contributed by atoms with Crippen LogP contribution in [0.4, 0.5) is 34.1 Å². The van der Waals surface area contributed by atoms with Crippen LogP contribution in [0.3, 0.4) is 0 Å². The summed E-state index contributed by atoms with van der Waals surface area (Å²) in [6, 6.07) is 50.7. The molecule has 7 rings (SSSR count). The number of rotatable bonds is 12. The standard InChI is InChI=1S/C50H48N2O4/c1-33-28-45(21-16-42(33)32-54)51(48-24-7-37(31-53)27-34(48)2)43-17-12-40(13-18-43)38-8-10-39(11-9-38)41-14-19-44(20-15-41)52(46-22-26-50(56-6)36(4)29-46)49-25-23-47(55-5)30-35(49)3/h7-30,53-54H,31-32H2,1-6H3. The zero-order valence-corrected chi connectivity index (χ0v) is 32.9. The number of aliphatic hydroxyl groups excluding tert-OH is 2. The van der Waals surface area contributed by atoms with Crippen LogP contribution in [0, 0.1) is 27.7 Å². The molecule has 0 atom stereocenters. The molecule has 0 heterocycles. The molecule has 7 aromatic rings. The van der Waals surface area contributed by atoms with Crippen molar-refractivity contribution in [3.63, 3.8) is 0 Å². The van der Waals surface area contributed by atoms with E-state index in [0.29, 0.717) is 0 Å². The molecule has 0 saturated heterocycles. The lowest BCUT2D eigenvalue weighted by molar-refractivity contribution is 0.281. The lowest BCUT2D eigenvalue weighted by atomic mass is 9.99. The van der Waals surface area contributed by atoms with E-state index in [1.165, 1.54) is 0 Å². The molecule has 0 aliphatic heterocycles. The van der Waals surface area contributed by atoms with Gasteiger partial charge in [-0.3, -0.25) is 0 Å². The molecule has 0 bridgehead atoms. The molecule has 56 heavy (non-hydrogen) atoms. The third-order valence-corrected chi connectivity index (χ3v) is 10.5.